The largest absolute Gasteiger partial charge is 0.388 e. The van der Waals surface area contributed by atoms with E-state index >= 15 is 0 Å². The van der Waals surface area contributed by atoms with Crippen molar-refractivity contribution in [3.05, 3.63) is 24.0 Å². The minimum absolute atomic E-state index is 0.376. The quantitative estimate of drug-likeness (QED) is 0.561. The Bertz CT molecular complexity index is 525. The second kappa shape index (κ2) is 5.97. The van der Waals surface area contributed by atoms with E-state index in [4.69, 9.17) is 4.74 Å². The summed E-state index contributed by atoms with van der Waals surface area (Å²) in [6.45, 7) is 6.77. The van der Waals surface area contributed by atoms with Crippen molar-refractivity contribution in [1.82, 2.24) is 10.6 Å². The third-order valence-corrected chi connectivity index (χ3v) is 5.13. The first-order chi connectivity index (χ1) is 9.69. The van der Waals surface area contributed by atoms with Crippen molar-refractivity contribution in [3.63, 3.8) is 0 Å². The molecule has 4 N–H and O–H groups in total. The Morgan fingerprint density at radius 2 is 2.05 bits per heavy atom. The van der Waals surface area contributed by atoms with Crippen LogP contribution >= 0.6 is 6.89 Å². The molecule has 4 atom stereocenters. The summed E-state index contributed by atoms with van der Waals surface area (Å²) in [4.78, 5) is 11.2. The van der Waals surface area contributed by atoms with Crippen LogP contribution in [0.2, 0.25) is 0 Å². The van der Waals surface area contributed by atoms with Gasteiger partial charge in [-0.3, -0.25) is 0 Å². The highest BCUT2D eigenvalue weighted by molar-refractivity contribution is 7.72. The molecule has 2 heterocycles. The van der Waals surface area contributed by atoms with E-state index in [9.17, 15) is 15.0 Å². The number of ether oxygens (including phenoxy) is 1. The second-order valence-electron chi connectivity index (χ2n) is 6.20. The number of carbonyl (C=O) groups is 1. The van der Waals surface area contributed by atoms with Gasteiger partial charge in [0.05, 0.1) is 6.10 Å². The Hall–Kier alpha value is -1.07. The van der Waals surface area contributed by atoms with Crippen molar-refractivity contribution >= 4 is 19.2 Å². The number of amides is 2. The molecule has 0 spiro atoms. The van der Waals surface area contributed by atoms with E-state index in [1.54, 1.807) is 0 Å². The summed E-state index contributed by atoms with van der Waals surface area (Å²) in [7, 11) is 0. The fraction of sp³-hybridized carbons (Fsp3) is 0.571. The predicted octanol–water partition coefficient (Wildman–Crippen LogP) is 0.285. The third-order valence-electron chi connectivity index (χ3n) is 3.66. The normalized spacial score (nSPS) is 33.4. The summed E-state index contributed by atoms with van der Waals surface area (Å²) in [5.41, 5.74) is 0.924. The molecule has 1 saturated heterocycles. The maximum absolute atomic E-state index is 11.2. The molecule has 0 saturated carbocycles. The first-order valence-corrected chi connectivity index (χ1v) is 9.90. The van der Waals surface area contributed by atoms with Crippen molar-refractivity contribution in [2.75, 3.05) is 19.5 Å². The molecule has 2 rings (SSSR count). The number of carbonyl (C=O) groups excluding carboxylic acids is 1. The highest BCUT2D eigenvalue weighted by Gasteiger charge is 2.45. The molecule has 0 radical (unpaired) electrons. The highest BCUT2D eigenvalue weighted by atomic mass is 31.2. The first kappa shape index (κ1) is 16.3. The number of aliphatic hydroxyl groups is 2. The van der Waals surface area contributed by atoms with Crippen LogP contribution in [0.25, 0.3) is 0 Å². The average molecular weight is 314 g/mol. The summed E-state index contributed by atoms with van der Waals surface area (Å²) in [5, 5.41) is 25.4. The zero-order valence-electron chi connectivity index (χ0n) is 12.4. The second-order valence-corrected chi connectivity index (χ2v) is 10.5. The maximum Gasteiger partial charge on any atom is 0.323 e. The van der Waals surface area contributed by atoms with Crippen LogP contribution < -0.4 is 10.6 Å². The smallest absolute Gasteiger partial charge is 0.323 e. The molecule has 2 aliphatic rings. The van der Waals surface area contributed by atoms with Crippen molar-refractivity contribution in [2.24, 2.45) is 0 Å². The number of nitrogens with one attached hydrogen (secondary N) is 2. The van der Waals surface area contributed by atoms with Gasteiger partial charge in [0.1, 0.15) is 18.3 Å². The van der Waals surface area contributed by atoms with Crippen molar-refractivity contribution < 1.29 is 19.7 Å². The lowest BCUT2D eigenvalue weighted by Crippen LogP contribution is -2.41. The van der Waals surface area contributed by atoms with Gasteiger partial charge in [-0.25, -0.2) is 4.79 Å². The molecule has 118 valence electrons. The van der Waals surface area contributed by atoms with E-state index in [-0.39, 0.29) is 6.03 Å². The van der Waals surface area contributed by atoms with Crippen LogP contribution in [0.4, 0.5) is 4.79 Å². The lowest BCUT2D eigenvalue weighted by atomic mass is 9.99. The third kappa shape index (κ3) is 3.77. The molecule has 21 heavy (non-hydrogen) atoms. The van der Waals surface area contributed by atoms with Gasteiger partial charge in [-0.05, 0) is 25.9 Å². The summed E-state index contributed by atoms with van der Waals surface area (Å²) < 4.78 is 5.80. The van der Waals surface area contributed by atoms with Gasteiger partial charge in [0, 0.05) is 17.5 Å². The number of hydrogen-bond donors (Lipinski definition) is 4. The number of urea groups is 1. The molecule has 2 amide bonds. The van der Waals surface area contributed by atoms with Crippen LogP contribution in [0.5, 0.6) is 0 Å². The van der Waals surface area contributed by atoms with E-state index < -0.39 is 31.3 Å². The van der Waals surface area contributed by atoms with Crippen molar-refractivity contribution in [1.29, 1.82) is 0 Å². The summed E-state index contributed by atoms with van der Waals surface area (Å²) in [6, 6.07) is -0.378. The molecule has 0 bridgehead atoms. The van der Waals surface area contributed by atoms with E-state index in [1.807, 2.05) is 0 Å². The van der Waals surface area contributed by atoms with E-state index in [0.717, 1.165) is 6.16 Å². The van der Waals surface area contributed by atoms with Crippen LogP contribution in [0.1, 0.15) is 6.42 Å². The minimum Gasteiger partial charge on any atom is -0.388 e. The first-order valence-electron chi connectivity index (χ1n) is 6.85. The SMILES string of the molecule is C=C1NC(=O)NC=C1[C@@H]1O[C@H](CCP(=C)(C)C)[C@@H](O)C1O. The maximum atomic E-state index is 11.2. The van der Waals surface area contributed by atoms with Crippen LogP contribution in [-0.4, -0.2) is 66.5 Å². The summed E-state index contributed by atoms with van der Waals surface area (Å²) in [6.07, 6.45) is 4.00. The molecule has 1 unspecified atom stereocenters. The van der Waals surface area contributed by atoms with Gasteiger partial charge < -0.3 is 25.6 Å². The van der Waals surface area contributed by atoms with E-state index in [0.29, 0.717) is 17.7 Å². The summed E-state index contributed by atoms with van der Waals surface area (Å²) >= 11 is 0. The van der Waals surface area contributed by atoms with Gasteiger partial charge in [0.25, 0.3) is 0 Å². The van der Waals surface area contributed by atoms with Crippen LogP contribution in [0.15, 0.2) is 24.0 Å². The monoisotopic (exact) mass is 314 g/mol. The Kier molecular flexibility index (Phi) is 4.63. The topological polar surface area (TPSA) is 90.8 Å². The Morgan fingerprint density at radius 3 is 2.62 bits per heavy atom. The van der Waals surface area contributed by atoms with Crippen molar-refractivity contribution in [2.45, 2.75) is 30.8 Å². The van der Waals surface area contributed by atoms with Gasteiger partial charge in [-0.2, -0.15) is 0 Å². The van der Waals surface area contributed by atoms with E-state index in [2.05, 4.69) is 36.8 Å². The Balaban J connectivity index is 2.08. The Labute approximate surface area is 124 Å². The molecule has 2 aliphatic heterocycles. The fourth-order valence-electron chi connectivity index (χ4n) is 2.45. The molecule has 0 aromatic carbocycles. The van der Waals surface area contributed by atoms with Crippen LogP contribution in [0, 0.1) is 0 Å². The number of rotatable bonds is 4. The molecular formula is C14H23N2O4P. The molecule has 6 nitrogen and oxygen atoms in total. The molecule has 0 aliphatic carbocycles. The van der Waals surface area contributed by atoms with Gasteiger partial charge in [-0.1, -0.05) is 6.58 Å². The molecule has 1 fully saturated rings. The number of aliphatic hydroxyl groups excluding tert-OH is 2. The summed E-state index contributed by atoms with van der Waals surface area (Å²) in [5.74, 6) is 0. The van der Waals surface area contributed by atoms with E-state index in [1.165, 1.54) is 6.20 Å². The van der Waals surface area contributed by atoms with Crippen LogP contribution in [0.3, 0.4) is 0 Å². The highest BCUT2D eigenvalue weighted by Crippen LogP contribution is 2.39. The zero-order chi connectivity index (χ0) is 15.8. The van der Waals surface area contributed by atoms with Gasteiger partial charge in [0.15, 0.2) is 0 Å². The standard InChI is InChI=1S/C14H23N2O4P/c1-8-9(7-15-14(19)16-8)13-12(18)11(17)10(20-13)5-6-21(2,3)4/h7,10-13,17-18H,1-2,5-6H2,3-4H3,(H2,15,16,19)/t10-,11-,12?,13+/m1/s1. The average Bonchev–Trinajstić information content (AvgIpc) is 2.64. The fourth-order valence-corrected chi connectivity index (χ4v) is 3.40. The van der Waals surface area contributed by atoms with Gasteiger partial charge in [0.2, 0.25) is 0 Å². The molecule has 0 aromatic heterocycles. The molecule has 0 aromatic rings. The minimum atomic E-state index is -1.21. The van der Waals surface area contributed by atoms with Crippen molar-refractivity contribution in [3.8, 4) is 0 Å². The predicted molar refractivity (Wildman–Crippen MR) is 84.9 cm³/mol. The van der Waals surface area contributed by atoms with Gasteiger partial charge in [-0.15, -0.1) is 13.2 Å². The number of hydrogen-bond acceptors (Lipinski definition) is 4. The van der Waals surface area contributed by atoms with Gasteiger partial charge >= 0.3 is 6.03 Å². The lowest BCUT2D eigenvalue weighted by Gasteiger charge is -2.24. The van der Waals surface area contributed by atoms with Crippen LogP contribution in [-0.2, 0) is 4.74 Å². The molecular weight excluding hydrogens is 291 g/mol. The molecule has 7 heteroatoms. The lowest BCUT2D eigenvalue weighted by molar-refractivity contribution is 0.0188. The zero-order valence-corrected chi connectivity index (χ0v) is 13.3. The Morgan fingerprint density at radius 1 is 1.38 bits per heavy atom.